The first kappa shape index (κ1) is 12.4. The Morgan fingerprint density at radius 3 is 1.91 bits per heavy atom. The summed E-state index contributed by atoms with van der Waals surface area (Å²) in [5.41, 5.74) is 0. The highest BCUT2D eigenvalue weighted by Crippen LogP contribution is 2.24. The summed E-state index contributed by atoms with van der Waals surface area (Å²) in [5.74, 6) is 0. The van der Waals surface area contributed by atoms with Crippen LogP contribution in [0.1, 0.15) is 0 Å². The lowest BCUT2D eigenvalue weighted by Crippen LogP contribution is -2.08. The van der Waals surface area contributed by atoms with Crippen molar-refractivity contribution in [1.82, 2.24) is 4.90 Å². The van der Waals surface area contributed by atoms with Crippen molar-refractivity contribution in [3.05, 3.63) is 7.28 Å². The molecule has 0 aliphatic rings. The van der Waals surface area contributed by atoms with E-state index in [2.05, 4.69) is 77.7 Å². The number of aliphatic imine (C=N–C) groups is 1. The molecule has 0 amide bonds. The molecule has 0 saturated carbocycles. The fourth-order valence-corrected chi connectivity index (χ4v) is 2.13. The molecule has 0 aromatic rings. The zero-order valence-electron chi connectivity index (χ0n) is 6.53. The van der Waals surface area contributed by atoms with E-state index in [4.69, 9.17) is 0 Å². The van der Waals surface area contributed by atoms with E-state index in [0.29, 0.717) is 0 Å². The average Bonchev–Trinajstić information content (AvgIpc) is 2.00. The molecule has 0 fully saturated rings. The van der Waals surface area contributed by atoms with Crippen molar-refractivity contribution in [3.63, 3.8) is 0 Å². The van der Waals surface area contributed by atoms with E-state index in [0.717, 1.165) is 3.72 Å². The summed E-state index contributed by atoms with van der Waals surface area (Å²) >= 11 is 6.84. The summed E-state index contributed by atoms with van der Waals surface area (Å²) in [4.78, 5) is 6.17. The minimum Gasteiger partial charge on any atom is -0.372 e. The summed E-state index contributed by atoms with van der Waals surface area (Å²) in [6, 6.07) is 0. The second-order valence-corrected chi connectivity index (χ2v) is 5.14. The summed E-state index contributed by atoms with van der Waals surface area (Å²) < 4.78 is 3.48. The van der Waals surface area contributed by atoms with Crippen molar-refractivity contribution in [2.24, 2.45) is 4.99 Å². The van der Waals surface area contributed by atoms with Crippen LogP contribution in [0.5, 0.6) is 0 Å². The molecule has 5 heteroatoms. The molecule has 0 radical (unpaired) electrons. The van der Waals surface area contributed by atoms with E-state index in [1.807, 2.05) is 14.1 Å². The van der Waals surface area contributed by atoms with E-state index < -0.39 is 0 Å². The second-order valence-electron chi connectivity index (χ2n) is 2.01. The van der Waals surface area contributed by atoms with E-state index in [9.17, 15) is 0 Å². The average molecular weight is 490 g/mol. The predicted octanol–water partition coefficient (Wildman–Crippen LogP) is 3.05. The zero-order valence-corrected chi connectivity index (χ0v) is 13.0. The lowest BCUT2D eigenvalue weighted by atomic mass is 10.6. The largest absolute Gasteiger partial charge is 0.372 e. The Labute approximate surface area is 108 Å². The molecule has 0 heterocycles. The van der Waals surface area contributed by atoms with Crippen molar-refractivity contribution in [2.75, 3.05) is 21.1 Å². The SMILES string of the molecule is CN=C(I)/C(I)=C(/I)N(C)C. The maximum Gasteiger partial charge on any atom is 0.111 e. The lowest BCUT2D eigenvalue weighted by Gasteiger charge is -2.12. The van der Waals surface area contributed by atoms with Gasteiger partial charge in [-0.1, -0.05) is 0 Å². The molecule has 0 aromatic heterocycles. The van der Waals surface area contributed by atoms with Gasteiger partial charge < -0.3 is 4.90 Å². The molecule has 0 saturated heterocycles. The summed E-state index contributed by atoms with van der Waals surface area (Å²) in [5, 5.41) is 0. The number of hydrogen-bond acceptors (Lipinski definition) is 2. The first-order valence-electron chi connectivity index (χ1n) is 2.86. The van der Waals surface area contributed by atoms with Gasteiger partial charge in [-0.3, -0.25) is 4.99 Å². The third kappa shape index (κ3) is 4.25. The van der Waals surface area contributed by atoms with Crippen LogP contribution in [0.3, 0.4) is 0 Å². The van der Waals surface area contributed by atoms with Crippen molar-refractivity contribution in [2.45, 2.75) is 0 Å². The van der Waals surface area contributed by atoms with Crippen molar-refractivity contribution < 1.29 is 0 Å². The van der Waals surface area contributed by atoms with Crippen LogP contribution in [0.4, 0.5) is 0 Å². The standard InChI is InChI=1S/C6H9I3N2/c1-10-5(8)4(7)6(9)11(2)3/h1-3H3/b6-4+,10-5?. The van der Waals surface area contributed by atoms with Crippen molar-refractivity contribution in [3.8, 4) is 0 Å². The van der Waals surface area contributed by atoms with Gasteiger partial charge in [0.2, 0.25) is 0 Å². The Kier molecular flexibility index (Phi) is 6.70. The zero-order chi connectivity index (χ0) is 9.02. The normalized spacial score (nSPS) is 14.5. The van der Waals surface area contributed by atoms with Crippen LogP contribution < -0.4 is 0 Å². The van der Waals surface area contributed by atoms with Crippen LogP contribution in [0.15, 0.2) is 12.3 Å². The minimum absolute atomic E-state index is 1.06. The van der Waals surface area contributed by atoms with Gasteiger partial charge in [-0.25, -0.2) is 0 Å². The van der Waals surface area contributed by atoms with E-state index in [-0.39, 0.29) is 0 Å². The minimum atomic E-state index is 1.06. The summed E-state index contributed by atoms with van der Waals surface area (Å²) in [7, 11) is 5.86. The summed E-state index contributed by atoms with van der Waals surface area (Å²) in [6.07, 6.45) is 0. The van der Waals surface area contributed by atoms with Gasteiger partial charge in [0.25, 0.3) is 0 Å². The third-order valence-electron chi connectivity index (χ3n) is 0.951. The molecule has 0 spiro atoms. The topological polar surface area (TPSA) is 15.6 Å². The Hall–Kier alpha value is 1.40. The first-order valence-corrected chi connectivity index (χ1v) is 6.09. The van der Waals surface area contributed by atoms with Crippen LogP contribution >= 0.6 is 67.8 Å². The molecular formula is C6H9I3N2. The van der Waals surface area contributed by atoms with Crippen LogP contribution in [-0.2, 0) is 0 Å². The molecule has 0 aliphatic heterocycles. The van der Waals surface area contributed by atoms with Gasteiger partial charge >= 0.3 is 0 Å². The lowest BCUT2D eigenvalue weighted by molar-refractivity contribution is 0.558. The smallest absolute Gasteiger partial charge is 0.111 e. The van der Waals surface area contributed by atoms with Gasteiger partial charge in [-0.2, -0.15) is 0 Å². The van der Waals surface area contributed by atoms with Crippen LogP contribution in [0.2, 0.25) is 0 Å². The Morgan fingerprint density at radius 2 is 1.64 bits per heavy atom. The second kappa shape index (κ2) is 5.95. The van der Waals surface area contributed by atoms with Gasteiger partial charge in [0.1, 0.15) is 3.72 Å². The highest BCUT2D eigenvalue weighted by molar-refractivity contribution is 14.1. The first-order chi connectivity index (χ1) is 5.00. The molecular weight excluding hydrogens is 481 g/mol. The highest BCUT2D eigenvalue weighted by atomic mass is 127. The molecule has 2 nitrogen and oxygen atoms in total. The quantitative estimate of drug-likeness (QED) is 0.331. The van der Waals surface area contributed by atoms with Crippen LogP contribution in [0.25, 0.3) is 0 Å². The van der Waals surface area contributed by atoms with Gasteiger partial charge in [0.15, 0.2) is 0 Å². The van der Waals surface area contributed by atoms with Crippen LogP contribution in [0, 0.1) is 0 Å². The Morgan fingerprint density at radius 1 is 1.18 bits per heavy atom. The maximum atomic E-state index is 4.10. The molecule has 11 heavy (non-hydrogen) atoms. The highest BCUT2D eigenvalue weighted by Gasteiger charge is 2.05. The fraction of sp³-hybridized carbons (Fsp3) is 0.500. The predicted molar refractivity (Wildman–Crippen MR) is 76.1 cm³/mol. The molecule has 0 rings (SSSR count). The molecule has 0 bridgehead atoms. The number of nitrogens with zero attached hydrogens (tertiary/aromatic N) is 2. The summed E-state index contributed by atoms with van der Waals surface area (Å²) in [6.45, 7) is 0. The molecule has 0 aromatic carbocycles. The maximum absolute atomic E-state index is 4.10. The number of hydrogen-bond donors (Lipinski definition) is 0. The molecule has 0 N–H and O–H groups in total. The number of halogens is 3. The van der Waals surface area contributed by atoms with Gasteiger partial charge in [0.05, 0.1) is 7.28 Å². The van der Waals surface area contributed by atoms with Crippen molar-refractivity contribution in [1.29, 1.82) is 0 Å². The Bertz CT molecular complexity index is 196. The molecule has 0 atom stereocenters. The Balaban J connectivity index is 4.67. The number of allylic oxidation sites excluding steroid dienone is 1. The van der Waals surface area contributed by atoms with Gasteiger partial charge in [-0.05, 0) is 67.8 Å². The molecule has 0 unspecified atom stereocenters. The van der Waals surface area contributed by atoms with E-state index in [1.54, 1.807) is 7.05 Å². The van der Waals surface area contributed by atoms with E-state index >= 15 is 0 Å². The van der Waals surface area contributed by atoms with Crippen LogP contribution in [-0.4, -0.2) is 29.8 Å². The molecule has 64 valence electrons. The van der Waals surface area contributed by atoms with E-state index in [1.165, 1.54) is 7.28 Å². The third-order valence-corrected chi connectivity index (χ3v) is 6.56. The number of rotatable bonds is 2. The fourth-order valence-electron chi connectivity index (χ4n) is 0.380. The molecule has 0 aliphatic carbocycles. The monoisotopic (exact) mass is 490 g/mol. The van der Waals surface area contributed by atoms with Gasteiger partial charge in [-0.15, -0.1) is 0 Å². The van der Waals surface area contributed by atoms with Gasteiger partial charge in [0, 0.05) is 21.1 Å². The van der Waals surface area contributed by atoms with Crippen molar-refractivity contribution >= 4 is 71.5 Å².